The molecule has 44 heavy (non-hydrogen) atoms. The Morgan fingerprint density at radius 3 is 1.20 bits per heavy atom. The molecule has 0 radical (unpaired) electrons. The fourth-order valence-corrected chi connectivity index (χ4v) is 5.21. The van der Waals surface area contributed by atoms with E-state index >= 15 is 0 Å². The quantitative estimate of drug-likeness (QED) is 0.108. The predicted octanol–water partition coefficient (Wildman–Crippen LogP) is 8.46. The van der Waals surface area contributed by atoms with Gasteiger partial charge in [-0.15, -0.1) is 0 Å². The summed E-state index contributed by atoms with van der Waals surface area (Å²) in [4.78, 5) is 24.8. The number of hydrogen-bond acceptors (Lipinski definition) is 4. The van der Waals surface area contributed by atoms with Crippen molar-refractivity contribution in [3.05, 3.63) is 156 Å². The molecule has 6 aromatic carbocycles. The molecule has 0 spiro atoms. The molecule has 4 N–H and O–H groups in total. The van der Waals surface area contributed by atoms with Gasteiger partial charge < -0.3 is 11.5 Å². The second-order valence-corrected chi connectivity index (χ2v) is 10.3. The number of rotatable bonds is 8. The minimum atomic E-state index is -0.497. The van der Waals surface area contributed by atoms with Crippen molar-refractivity contribution in [3.63, 3.8) is 0 Å². The molecule has 6 nitrogen and oxygen atoms in total. The van der Waals surface area contributed by atoms with Gasteiger partial charge in [-0.05, 0) is 80.2 Å². The van der Waals surface area contributed by atoms with Crippen molar-refractivity contribution in [2.75, 3.05) is 0 Å². The van der Waals surface area contributed by atoms with Gasteiger partial charge in [0.15, 0.2) is 0 Å². The molecule has 2 amide bonds. The summed E-state index contributed by atoms with van der Waals surface area (Å²) >= 11 is 0. The Kier molecular flexibility index (Phi) is 7.88. The van der Waals surface area contributed by atoms with Gasteiger partial charge in [-0.1, -0.05) is 109 Å². The molecule has 0 aliphatic rings. The molecular weight excluding hydrogens is 544 g/mol. The van der Waals surface area contributed by atoms with Gasteiger partial charge >= 0.3 is 0 Å². The Morgan fingerprint density at radius 2 is 0.818 bits per heavy atom. The molecule has 0 fully saturated rings. The van der Waals surface area contributed by atoms with Crippen LogP contribution in [-0.4, -0.2) is 11.8 Å². The molecule has 0 atom stereocenters. The zero-order chi connectivity index (χ0) is 30.5. The van der Waals surface area contributed by atoms with E-state index in [2.05, 4.69) is 10.2 Å². The van der Waals surface area contributed by atoms with E-state index in [0.717, 1.165) is 43.8 Å². The zero-order valence-corrected chi connectivity index (χ0v) is 23.7. The van der Waals surface area contributed by atoms with E-state index in [1.54, 1.807) is 12.2 Å². The lowest BCUT2D eigenvalue weighted by Gasteiger charge is -2.09. The van der Waals surface area contributed by atoms with Crippen molar-refractivity contribution >= 4 is 68.0 Å². The second-order valence-electron chi connectivity index (χ2n) is 10.3. The van der Waals surface area contributed by atoms with Crippen LogP contribution < -0.4 is 11.5 Å². The molecule has 6 heteroatoms. The van der Waals surface area contributed by atoms with E-state index in [0.29, 0.717) is 22.5 Å². The topological polar surface area (TPSA) is 111 Å². The number of benzene rings is 6. The minimum Gasteiger partial charge on any atom is -0.366 e. The maximum Gasteiger partial charge on any atom is 0.249 e. The lowest BCUT2D eigenvalue weighted by Crippen LogP contribution is -2.13. The Bertz CT molecular complexity index is 1950. The highest BCUT2D eigenvalue weighted by molar-refractivity contribution is 6.27. The molecule has 0 aliphatic carbocycles. The van der Waals surface area contributed by atoms with Gasteiger partial charge in [0, 0.05) is 11.1 Å². The highest BCUT2D eigenvalue weighted by atomic mass is 16.1. The standard InChI is InChI=1S/C38H28N4O2/c39-37(43)35(33-13-5-9-27-7-1-3-11-31(27)33)23-25-15-19-29(20-16-25)41-42-30-21-17-26(18-22-30)24-36(38(40)44)34-14-6-10-28-8-2-4-12-32(28)34/h1-24H,(H2,39,43)(H2,40,44)/b35-23-,36-24-,42-41?. The number of nitrogens with two attached hydrogens (primary N) is 2. The fraction of sp³-hybridized carbons (Fsp3) is 0. The predicted molar refractivity (Wildman–Crippen MR) is 179 cm³/mol. The summed E-state index contributed by atoms with van der Waals surface area (Å²) in [6.07, 6.45) is 3.58. The van der Waals surface area contributed by atoms with E-state index in [4.69, 9.17) is 11.5 Å². The number of primary amides is 2. The summed E-state index contributed by atoms with van der Waals surface area (Å²) in [5.41, 5.74) is 17.0. The highest BCUT2D eigenvalue weighted by Crippen LogP contribution is 2.29. The summed E-state index contributed by atoms with van der Waals surface area (Å²) in [7, 11) is 0. The molecule has 0 unspecified atom stereocenters. The lowest BCUT2D eigenvalue weighted by atomic mass is 9.96. The molecular formula is C38H28N4O2. The third kappa shape index (κ3) is 6.05. The van der Waals surface area contributed by atoms with Crippen LogP contribution in [0, 0.1) is 0 Å². The van der Waals surface area contributed by atoms with Crippen LogP contribution in [0.5, 0.6) is 0 Å². The van der Waals surface area contributed by atoms with E-state index in [9.17, 15) is 9.59 Å². The monoisotopic (exact) mass is 572 g/mol. The Balaban J connectivity index is 1.21. The van der Waals surface area contributed by atoms with Crippen molar-refractivity contribution in [2.24, 2.45) is 21.7 Å². The summed E-state index contributed by atoms with van der Waals surface area (Å²) in [6.45, 7) is 0. The number of azo groups is 1. The third-order valence-electron chi connectivity index (χ3n) is 7.38. The summed E-state index contributed by atoms with van der Waals surface area (Å²) < 4.78 is 0. The minimum absolute atomic E-state index is 0.435. The van der Waals surface area contributed by atoms with Crippen LogP contribution in [0.25, 0.3) is 44.8 Å². The van der Waals surface area contributed by atoms with Gasteiger partial charge in [-0.2, -0.15) is 10.2 Å². The summed E-state index contributed by atoms with van der Waals surface area (Å²) in [5, 5.41) is 12.7. The number of carbonyl (C=O) groups excluding carboxylic acids is 2. The Morgan fingerprint density at radius 1 is 0.455 bits per heavy atom. The largest absolute Gasteiger partial charge is 0.366 e. The first kappa shape index (κ1) is 28.0. The SMILES string of the molecule is NC(=O)/C(=C\c1ccc(N=Nc2ccc(/C=C(\C(N)=O)c3cccc4ccccc34)cc2)cc1)c1cccc2ccccc12. The van der Waals surface area contributed by atoms with Crippen molar-refractivity contribution in [2.45, 2.75) is 0 Å². The molecule has 0 bridgehead atoms. The Hall–Kier alpha value is -6.14. The van der Waals surface area contributed by atoms with Gasteiger partial charge in [-0.25, -0.2) is 0 Å². The first-order chi connectivity index (χ1) is 21.5. The number of nitrogens with zero attached hydrogens (tertiary/aromatic N) is 2. The third-order valence-corrected chi connectivity index (χ3v) is 7.38. The summed E-state index contributed by atoms with van der Waals surface area (Å²) in [6, 6.07) is 42.3. The van der Waals surface area contributed by atoms with Gasteiger partial charge in [0.2, 0.25) is 11.8 Å². The molecule has 0 saturated carbocycles. The summed E-state index contributed by atoms with van der Waals surface area (Å²) in [5.74, 6) is -0.994. The first-order valence-electron chi connectivity index (χ1n) is 14.1. The van der Waals surface area contributed by atoms with E-state index in [1.165, 1.54) is 0 Å². The van der Waals surface area contributed by atoms with Crippen LogP contribution in [0.15, 0.2) is 144 Å². The van der Waals surface area contributed by atoms with Crippen molar-refractivity contribution in [1.29, 1.82) is 0 Å². The van der Waals surface area contributed by atoms with Crippen molar-refractivity contribution in [3.8, 4) is 0 Å². The maximum atomic E-state index is 12.4. The zero-order valence-electron chi connectivity index (χ0n) is 23.7. The number of carbonyl (C=O) groups is 2. The molecule has 0 heterocycles. The van der Waals surface area contributed by atoms with E-state index < -0.39 is 11.8 Å². The highest BCUT2D eigenvalue weighted by Gasteiger charge is 2.13. The van der Waals surface area contributed by atoms with E-state index in [1.807, 2.05) is 133 Å². The fourth-order valence-electron chi connectivity index (χ4n) is 5.21. The molecule has 6 aromatic rings. The van der Waals surface area contributed by atoms with Crippen LogP contribution in [0.3, 0.4) is 0 Å². The van der Waals surface area contributed by atoms with Gasteiger partial charge in [-0.3, -0.25) is 9.59 Å². The lowest BCUT2D eigenvalue weighted by molar-refractivity contribution is -0.113. The molecule has 6 rings (SSSR count). The molecule has 212 valence electrons. The van der Waals surface area contributed by atoms with Crippen molar-refractivity contribution in [1.82, 2.24) is 0 Å². The number of hydrogen-bond donors (Lipinski definition) is 2. The number of amides is 2. The van der Waals surface area contributed by atoms with Crippen LogP contribution in [0.1, 0.15) is 22.3 Å². The van der Waals surface area contributed by atoms with Gasteiger partial charge in [0.25, 0.3) is 0 Å². The first-order valence-corrected chi connectivity index (χ1v) is 14.1. The van der Waals surface area contributed by atoms with Crippen molar-refractivity contribution < 1.29 is 9.59 Å². The average molecular weight is 573 g/mol. The van der Waals surface area contributed by atoms with Gasteiger partial charge in [0.1, 0.15) is 0 Å². The second kappa shape index (κ2) is 12.4. The van der Waals surface area contributed by atoms with Crippen LogP contribution in [0.2, 0.25) is 0 Å². The number of fused-ring (bicyclic) bond motifs is 2. The van der Waals surface area contributed by atoms with Crippen LogP contribution in [-0.2, 0) is 9.59 Å². The maximum absolute atomic E-state index is 12.4. The normalized spacial score (nSPS) is 12.2. The average Bonchev–Trinajstić information content (AvgIpc) is 3.05. The molecule has 0 aliphatic heterocycles. The Labute approximate surface area is 254 Å². The van der Waals surface area contributed by atoms with E-state index in [-0.39, 0.29) is 0 Å². The smallest absolute Gasteiger partial charge is 0.249 e. The van der Waals surface area contributed by atoms with Crippen LogP contribution >= 0.6 is 0 Å². The van der Waals surface area contributed by atoms with Crippen LogP contribution in [0.4, 0.5) is 11.4 Å². The molecule has 0 aromatic heterocycles. The molecule has 0 saturated heterocycles. The van der Waals surface area contributed by atoms with Gasteiger partial charge in [0.05, 0.1) is 11.4 Å².